The van der Waals surface area contributed by atoms with Gasteiger partial charge in [-0.05, 0) is 12.8 Å². The summed E-state index contributed by atoms with van der Waals surface area (Å²) in [6.07, 6.45) is 14.7. The molecule has 0 saturated carbocycles. The van der Waals surface area contributed by atoms with Crippen LogP contribution in [0.1, 0.15) is 105 Å². The Balaban J connectivity index is -0.0000000592. The fourth-order valence-electron chi connectivity index (χ4n) is 1.56. The van der Waals surface area contributed by atoms with Crippen LogP contribution in [0, 0.1) is 0 Å². The molecule has 0 spiro atoms. The van der Waals surface area contributed by atoms with E-state index in [1.807, 2.05) is 0 Å². The van der Waals surface area contributed by atoms with E-state index in [1.165, 1.54) is 78.1 Å². The monoisotopic (exact) mass is 379 g/mol. The summed E-state index contributed by atoms with van der Waals surface area (Å²) >= 11 is 0. The predicted molar refractivity (Wildman–Crippen MR) is 93.1 cm³/mol. The molecule has 0 rings (SSSR count). The zero-order valence-electron chi connectivity index (χ0n) is 17.8. The standard InChI is InChI=1S/C12H26.2C3H6O2.H3N.2Na/c1-3-5-7-9-11-12-10-8-6-4-2;2*1-2-3(4)5;;;/h3-12H2,1-2H3;2*2H2,1H3,(H,4,5);1H3;;/q;;;;2*+1/p-2. The van der Waals surface area contributed by atoms with E-state index in [-0.39, 0.29) is 78.1 Å². The van der Waals surface area contributed by atoms with Crippen molar-refractivity contribution in [1.29, 1.82) is 0 Å². The topological polar surface area (TPSA) is 115 Å². The number of carbonyl (C=O) groups is 2. The second-order valence-corrected chi connectivity index (χ2v) is 5.28. The van der Waals surface area contributed by atoms with Crippen LogP contribution in [-0.2, 0) is 9.59 Å². The molecule has 0 radical (unpaired) electrons. The molecule has 0 fully saturated rings. The van der Waals surface area contributed by atoms with Gasteiger partial charge in [0, 0.05) is 11.9 Å². The quantitative estimate of drug-likeness (QED) is 0.312. The van der Waals surface area contributed by atoms with Crippen LogP contribution in [0.3, 0.4) is 0 Å². The van der Waals surface area contributed by atoms with Crippen molar-refractivity contribution >= 4 is 11.9 Å². The summed E-state index contributed by atoms with van der Waals surface area (Å²) in [6, 6.07) is 0. The SMILES string of the molecule is CCC(=O)[O-].CCC(=O)[O-].CCCCCCCCCCCC.N.[Na+].[Na+]. The molecule has 0 aromatic carbocycles. The Morgan fingerprint density at radius 1 is 0.560 bits per heavy atom. The smallest absolute Gasteiger partial charge is 0.550 e. The van der Waals surface area contributed by atoms with E-state index in [0.29, 0.717) is 0 Å². The minimum absolute atomic E-state index is 0. The minimum Gasteiger partial charge on any atom is -0.550 e. The molecular formula is C18H39NNa2O4. The van der Waals surface area contributed by atoms with Crippen molar-refractivity contribution in [2.45, 2.75) is 105 Å². The van der Waals surface area contributed by atoms with Crippen LogP contribution in [0.2, 0.25) is 0 Å². The maximum atomic E-state index is 9.26. The van der Waals surface area contributed by atoms with Crippen LogP contribution in [-0.4, -0.2) is 11.9 Å². The first-order valence-electron chi connectivity index (χ1n) is 8.85. The van der Waals surface area contributed by atoms with Gasteiger partial charge in [0.1, 0.15) is 0 Å². The first kappa shape index (κ1) is 40.6. The van der Waals surface area contributed by atoms with Crippen molar-refractivity contribution in [2.75, 3.05) is 0 Å². The Labute approximate surface area is 200 Å². The molecule has 0 saturated heterocycles. The number of carbonyl (C=O) groups excluding carboxylic acids is 2. The van der Waals surface area contributed by atoms with Crippen LogP contribution in [0.4, 0.5) is 0 Å². The molecule has 0 aliphatic rings. The van der Waals surface area contributed by atoms with E-state index in [0.717, 1.165) is 0 Å². The largest absolute Gasteiger partial charge is 1.00 e. The Morgan fingerprint density at radius 2 is 0.720 bits per heavy atom. The van der Waals surface area contributed by atoms with Crippen molar-refractivity contribution in [3.63, 3.8) is 0 Å². The minimum atomic E-state index is -0.995. The molecule has 0 atom stereocenters. The van der Waals surface area contributed by atoms with E-state index in [9.17, 15) is 19.8 Å². The van der Waals surface area contributed by atoms with Crippen LogP contribution in [0.25, 0.3) is 0 Å². The van der Waals surface area contributed by atoms with Crippen LogP contribution < -0.4 is 75.5 Å². The predicted octanol–water partition coefficient (Wildman–Crippen LogP) is -2.61. The van der Waals surface area contributed by atoms with Crippen molar-refractivity contribution in [3.05, 3.63) is 0 Å². The van der Waals surface area contributed by atoms with Crippen LogP contribution in [0.5, 0.6) is 0 Å². The molecule has 25 heavy (non-hydrogen) atoms. The molecular weight excluding hydrogens is 340 g/mol. The maximum absolute atomic E-state index is 9.26. The van der Waals surface area contributed by atoms with Crippen molar-refractivity contribution < 1.29 is 78.9 Å². The van der Waals surface area contributed by atoms with Crippen molar-refractivity contribution in [3.8, 4) is 0 Å². The summed E-state index contributed by atoms with van der Waals surface area (Å²) < 4.78 is 0. The van der Waals surface area contributed by atoms with Gasteiger partial charge < -0.3 is 26.0 Å². The van der Waals surface area contributed by atoms with E-state index in [1.54, 1.807) is 0 Å². The fraction of sp³-hybridized carbons (Fsp3) is 0.889. The zero-order chi connectivity index (χ0) is 17.6. The normalized spacial score (nSPS) is 8.00. The number of hydrogen-bond acceptors (Lipinski definition) is 5. The summed E-state index contributed by atoms with van der Waals surface area (Å²) in [5, 5.41) is 18.5. The molecule has 0 heterocycles. The number of carboxylic acid groups (broad SMARTS) is 2. The summed E-state index contributed by atoms with van der Waals surface area (Å²) in [7, 11) is 0. The van der Waals surface area contributed by atoms with Crippen molar-refractivity contribution in [2.24, 2.45) is 0 Å². The molecule has 0 aromatic heterocycles. The Morgan fingerprint density at radius 3 is 0.840 bits per heavy atom. The fourth-order valence-corrected chi connectivity index (χ4v) is 1.56. The third-order valence-corrected chi connectivity index (χ3v) is 3.03. The molecule has 7 heteroatoms. The molecule has 0 aliphatic heterocycles. The summed E-state index contributed by atoms with van der Waals surface area (Å²) in [6.45, 7) is 7.63. The van der Waals surface area contributed by atoms with Crippen LogP contribution >= 0.6 is 0 Å². The van der Waals surface area contributed by atoms with Gasteiger partial charge in [-0.15, -0.1) is 0 Å². The van der Waals surface area contributed by atoms with Gasteiger partial charge in [-0.2, -0.15) is 0 Å². The molecule has 0 aliphatic carbocycles. The van der Waals surface area contributed by atoms with E-state index in [2.05, 4.69) is 13.8 Å². The van der Waals surface area contributed by atoms with E-state index in [4.69, 9.17) is 0 Å². The van der Waals surface area contributed by atoms with Gasteiger partial charge in [0.2, 0.25) is 0 Å². The van der Waals surface area contributed by atoms with Gasteiger partial charge in [0.25, 0.3) is 0 Å². The first-order valence-corrected chi connectivity index (χ1v) is 8.85. The Kier molecular flexibility index (Phi) is 64.6. The third-order valence-electron chi connectivity index (χ3n) is 3.03. The van der Waals surface area contributed by atoms with Gasteiger partial charge in [0.15, 0.2) is 0 Å². The van der Waals surface area contributed by atoms with Gasteiger partial charge in [-0.1, -0.05) is 91.9 Å². The van der Waals surface area contributed by atoms with E-state index < -0.39 is 11.9 Å². The van der Waals surface area contributed by atoms with Gasteiger partial charge >= 0.3 is 59.1 Å². The van der Waals surface area contributed by atoms with Gasteiger partial charge in [0.05, 0.1) is 0 Å². The summed E-state index contributed by atoms with van der Waals surface area (Å²) in [5.41, 5.74) is 0. The number of unbranched alkanes of at least 4 members (excludes halogenated alkanes) is 9. The first-order chi connectivity index (χ1) is 10.5. The zero-order valence-corrected chi connectivity index (χ0v) is 21.8. The summed E-state index contributed by atoms with van der Waals surface area (Å²) in [5.74, 6) is -1.99. The molecule has 0 bridgehead atoms. The van der Waals surface area contributed by atoms with Gasteiger partial charge in [-0.3, -0.25) is 0 Å². The number of hydrogen-bond donors (Lipinski definition) is 1. The van der Waals surface area contributed by atoms with Gasteiger partial charge in [-0.25, -0.2) is 0 Å². The third kappa shape index (κ3) is 67.6. The molecule has 3 N–H and O–H groups in total. The molecule has 142 valence electrons. The molecule has 0 aromatic rings. The van der Waals surface area contributed by atoms with E-state index >= 15 is 0 Å². The average molecular weight is 379 g/mol. The number of carboxylic acids is 2. The van der Waals surface area contributed by atoms with Crippen LogP contribution in [0.15, 0.2) is 0 Å². The Hall–Kier alpha value is 0.900. The summed E-state index contributed by atoms with van der Waals surface area (Å²) in [4.78, 5) is 18.5. The van der Waals surface area contributed by atoms with Crippen molar-refractivity contribution in [1.82, 2.24) is 6.15 Å². The maximum Gasteiger partial charge on any atom is 1.00 e. The number of rotatable bonds is 11. The Bertz CT molecular complexity index is 219. The average Bonchev–Trinajstić information content (AvgIpc) is 2.51. The second-order valence-electron chi connectivity index (χ2n) is 5.28. The molecule has 5 nitrogen and oxygen atoms in total. The number of aliphatic carboxylic acids is 2. The molecule has 0 unspecified atom stereocenters. The second kappa shape index (κ2) is 39.8. The molecule has 0 amide bonds.